The number of fused-ring (bicyclic) bond motifs is 1. The summed E-state index contributed by atoms with van der Waals surface area (Å²) in [6, 6.07) is 9.33. The number of aromatic nitrogens is 1. The Kier molecular flexibility index (Phi) is 4.83. The molecular weight excluding hydrogens is 316 g/mol. The molecule has 0 bridgehead atoms. The van der Waals surface area contributed by atoms with E-state index in [9.17, 15) is 14.4 Å². The number of rotatable bonds is 4. The van der Waals surface area contributed by atoms with E-state index in [1.807, 2.05) is 38.1 Å². The van der Waals surface area contributed by atoms with Gasteiger partial charge in [-0.3, -0.25) is 14.4 Å². The van der Waals surface area contributed by atoms with Gasteiger partial charge < -0.3 is 10.3 Å². The van der Waals surface area contributed by atoms with E-state index in [4.69, 9.17) is 0 Å². The number of Topliss-reactive ketones (excluding diaryl/α,β-unsaturated/α-hetero) is 1. The first-order chi connectivity index (χ1) is 12.0. The number of nitrogens with one attached hydrogen (secondary N) is 2. The molecule has 2 N–H and O–H groups in total. The first-order valence-electron chi connectivity index (χ1n) is 8.60. The highest BCUT2D eigenvalue weighted by atomic mass is 16.2. The summed E-state index contributed by atoms with van der Waals surface area (Å²) in [7, 11) is 0. The number of carbonyl (C=O) groups is 2. The van der Waals surface area contributed by atoms with Crippen molar-refractivity contribution in [3.63, 3.8) is 0 Å². The summed E-state index contributed by atoms with van der Waals surface area (Å²) in [4.78, 5) is 39.4. The Morgan fingerprint density at radius 2 is 2.00 bits per heavy atom. The maximum absolute atomic E-state index is 12.5. The number of benzene rings is 1. The number of amides is 1. The highest BCUT2D eigenvalue weighted by Gasteiger charge is 2.22. The average Bonchev–Trinajstić information content (AvgIpc) is 2.56. The lowest BCUT2D eigenvalue weighted by atomic mass is 9.93. The van der Waals surface area contributed by atoms with Crippen LogP contribution in [-0.2, 0) is 12.8 Å². The molecule has 0 saturated carbocycles. The number of pyridine rings is 1. The van der Waals surface area contributed by atoms with Crippen LogP contribution in [0.25, 0.3) is 0 Å². The zero-order valence-electron chi connectivity index (χ0n) is 14.5. The smallest absolute Gasteiger partial charge is 0.261 e. The van der Waals surface area contributed by atoms with E-state index in [-0.39, 0.29) is 17.4 Å². The van der Waals surface area contributed by atoms with E-state index in [0.29, 0.717) is 30.5 Å². The van der Waals surface area contributed by atoms with Gasteiger partial charge in [0.1, 0.15) is 5.56 Å². The second kappa shape index (κ2) is 7.05. The number of H-pyrrole nitrogens is 1. The molecule has 0 aliphatic heterocycles. The van der Waals surface area contributed by atoms with Crippen LogP contribution < -0.4 is 10.9 Å². The van der Waals surface area contributed by atoms with Gasteiger partial charge in [0.05, 0.1) is 0 Å². The largest absolute Gasteiger partial charge is 0.349 e. The summed E-state index contributed by atoms with van der Waals surface area (Å²) in [5.74, 6) is -0.456. The molecule has 130 valence electrons. The third-order valence-electron chi connectivity index (χ3n) is 4.66. The van der Waals surface area contributed by atoms with E-state index in [2.05, 4.69) is 10.3 Å². The summed E-state index contributed by atoms with van der Waals surface area (Å²) in [6.45, 7) is 3.94. The van der Waals surface area contributed by atoms with Crippen LogP contribution in [0.15, 0.2) is 35.1 Å². The minimum absolute atomic E-state index is 0.00522. The Balaban J connectivity index is 1.77. The van der Waals surface area contributed by atoms with Crippen LogP contribution in [0.3, 0.4) is 0 Å². The van der Waals surface area contributed by atoms with Crippen molar-refractivity contribution in [3.8, 4) is 0 Å². The van der Waals surface area contributed by atoms with Crippen LogP contribution >= 0.6 is 0 Å². The lowest BCUT2D eigenvalue weighted by molar-refractivity contribution is 0.0938. The van der Waals surface area contributed by atoms with Crippen molar-refractivity contribution in [2.45, 2.75) is 45.6 Å². The molecule has 5 heteroatoms. The van der Waals surface area contributed by atoms with Crippen molar-refractivity contribution in [2.24, 2.45) is 0 Å². The standard InChI is InChI=1S/C20H22N2O3/c1-12-6-3-4-7-14(12)10-13(2)21-19(24)16-11-15-17(22-20(16)25)8-5-9-18(15)23/h3-4,6-7,11,13H,5,8-10H2,1-2H3,(H,21,24)(H,22,25)/t13-/m1/s1. The van der Waals surface area contributed by atoms with E-state index in [0.717, 1.165) is 12.0 Å². The molecule has 0 spiro atoms. The molecule has 1 aliphatic rings. The summed E-state index contributed by atoms with van der Waals surface area (Å²) in [5.41, 5.74) is 3.01. The highest BCUT2D eigenvalue weighted by molar-refractivity contribution is 6.01. The molecule has 1 aromatic heterocycles. The van der Waals surface area contributed by atoms with Crippen LogP contribution in [0, 0.1) is 6.92 Å². The van der Waals surface area contributed by atoms with Gasteiger partial charge >= 0.3 is 0 Å². The monoisotopic (exact) mass is 338 g/mol. The van der Waals surface area contributed by atoms with Crippen molar-refractivity contribution < 1.29 is 9.59 Å². The van der Waals surface area contributed by atoms with Gasteiger partial charge in [-0.15, -0.1) is 0 Å². The van der Waals surface area contributed by atoms with Crippen LogP contribution in [0.5, 0.6) is 0 Å². The lowest BCUT2D eigenvalue weighted by Gasteiger charge is -2.17. The number of hydrogen-bond acceptors (Lipinski definition) is 3. The quantitative estimate of drug-likeness (QED) is 0.899. The predicted octanol–water partition coefficient (Wildman–Crippen LogP) is 2.56. The van der Waals surface area contributed by atoms with Crippen molar-refractivity contribution in [2.75, 3.05) is 0 Å². The molecule has 1 aromatic carbocycles. The van der Waals surface area contributed by atoms with Gasteiger partial charge in [0, 0.05) is 23.7 Å². The number of hydrogen-bond donors (Lipinski definition) is 2. The molecule has 25 heavy (non-hydrogen) atoms. The van der Waals surface area contributed by atoms with Gasteiger partial charge in [0.2, 0.25) is 0 Å². The fraction of sp³-hybridized carbons (Fsp3) is 0.350. The summed E-state index contributed by atoms with van der Waals surface area (Å²) < 4.78 is 0. The average molecular weight is 338 g/mol. The van der Waals surface area contributed by atoms with E-state index >= 15 is 0 Å². The van der Waals surface area contributed by atoms with Gasteiger partial charge in [-0.25, -0.2) is 0 Å². The first-order valence-corrected chi connectivity index (χ1v) is 8.60. The molecule has 0 radical (unpaired) electrons. The first kappa shape index (κ1) is 17.1. The molecule has 5 nitrogen and oxygen atoms in total. The summed E-state index contributed by atoms with van der Waals surface area (Å²) in [5, 5.41) is 2.86. The maximum atomic E-state index is 12.5. The lowest BCUT2D eigenvalue weighted by Crippen LogP contribution is -2.38. The third-order valence-corrected chi connectivity index (χ3v) is 4.66. The second-order valence-electron chi connectivity index (χ2n) is 6.69. The Morgan fingerprint density at radius 1 is 1.24 bits per heavy atom. The fourth-order valence-corrected chi connectivity index (χ4v) is 3.27. The fourth-order valence-electron chi connectivity index (χ4n) is 3.27. The van der Waals surface area contributed by atoms with Crippen LogP contribution in [0.2, 0.25) is 0 Å². The van der Waals surface area contributed by atoms with Crippen molar-refractivity contribution in [1.82, 2.24) is 10.3 Å². The predicted molar refractivity (Wildman–Crippen MR) is 96.1 cm³/mol. The van der Waals surface area contributed by atoms with Crippen molar-refractivity contribution in [3.05, 3.63) is 68.6 Å². The Labute approximate surface area is 146 Å². The molecule has 0 unspecified atom stereocenters. The highest BCUT2D eigenvalue weighted by Crippen LogP contribution is 2.19. The molecule has 1 atom stereocenters. The van der Waals surface area contributed by atoms with Gasteiger partial charge in [-0.1, -0.05) is 24.3 Å². The number of carbonyl (C=O) groups excluding carboxylic acids is 2. The Morgan fingerprint density at radius 3 is 2.76 bits per heavy atom. The SMILES string of the molecule is Cc1ccccc1C[C@@H](C)NC(=O)c1cc2c([nH]c1=O)CCCC2=O. The zero-order chi connectivity index (χ0) is 18.0. The van der Waals surface area contributed by atoms with Gasteiger partial charge in [0.25, 0.3) is 11.5 Å². The molecule has 1 heterocycles. The van der Waals surface area contributed by atoms with Gasteiger partial charge in [-0.2, -0.15) is 0 Å². The number of aromatic amines is 1. The minimum atomic E-state index is -0.441. The topological polar surface area (TPSA) is 79.0 Å². The second-order valence-corrected chi connectivity index (χ2v) is 6.69. The van der Waals surface area contributed by atoms with Gasteiger partial charge in [-0.05, 0) is 50.3 Å². The Hall–Kier alpha value is -2.69. The minimum Gasteiger partial charge on any atom is -0.349 e. The molecule has 1 amide bonds. The number of ketones is 1. The molecule has 3 rings (SSSR count). The molecule has 1 aliphatic carbocycles. The number of aryl methyl sites for hydroxylation is 2. The van der Waals surface area contributed by atoms with Crippen LogP contribution in [0.1, 0.15) is 57.3 Å². The molecular formula is C20H22N2O3. The normalized spacial score (nSPS) is 14.7. The third kappa shape index (κ3) is 3.71. The summed E-state index contributed by atoms with van der Waals surface area (Å²) >= 11 is 0. The van der Waals surface area contributed by atoms with E-state index in [1.54, 1.807) is 0 Å². The van der Waals surface area contributed by atoms with Crippen molar-refractivity contribution >= 4 is 11.7 Å². The summed E-state index contributed by atoms with van der Waals surface area (Å²) in [6.07, 6.45) is 2.55. The maximum Gasteiger partial charge on any atom is 0.261 e. The Bertz CT molecular complexity index is 883. The van der Waals surface area contributed by atoms with E-state index < -0.39 is 11.5 Å². The van der Waals surface area contributed by atoms with E-state index in [1.165, 1.54) is 11.6 Å². The molecule has 0 fully saturated rings. The molecule has 0 saturated heterocycles. The van der Waals surface area contributed by atoms with Crippen LogP contribution in [-0.4, -0.2) is 22.7 Å². The molecule has 2 aromatic rings. The zero-order valence-corrected chi connectivity index (χ0v) is 14.5. The van der Waals surface area contributed by atoms with Gasteiger partial charge in [0.15, 0.2) is 5.78 Å². The van der Waals surface area contributed by atoms with Crippen molar-refractivity contribution in [1.29, 1.82) is 0 Å². The van der Waals surface area contributed by atoms with Crippen LogP contribution in [0.4, 0.5) is 0 Å².